The highest BCUT2D eigenvalue weighted by molar-refractivity contribution is 6.52. The summed E-state index contributed by atoms with van der Waals surface area (Å²) in [5.74, 6) is -2.34. The standard InChI is InChI=1S/C26H18Cl2N2O6/c1-35-24-17(11-18(27)25(36-2)20(24)28)22(32)19-21(14-5-9-16(31)10-6-14)30(26(34)23(19)33)15-7-3-13(12-29)4-8-15/h3-11,21,31-32H,1-2H3/b22-19+. The highest BCUT2D eigenvalue weighted by atomic mass is 35.5. The van der Waals surface area contributed by atoms with Gasteiger partial charge in [-0.05, 0) is 48.0 Å². The van der Waals surface area contributed by atoms with Crippen LogP contribution in [0.1, 0.15) is 22.7 Å². The number of hydrogen-bond donors (Lipinski definition) is 2. The number of carbonyl (C=O) groups excluding carboxylic acids is 2. The van der Waals surface area contributed by atoms with Crippen LogP contribution in [-0.4, -0.2) is 36.1 Å². The highest BCUT2D eigenvalue weighted by Crippen LogP contribution is 2.48. The molecular weight excluding hydrogens is 507 g/mol. The topological polar surface area (TPSA) is 120 Å². The number of phenolic OH excluding ortho intramolecular Hbond substituents is 1. The number of amides is 1. The number of ketones is 1. The van der Waals surface area contributed by atoms with E-state index in [9.17, 15) is 19.8 Å². The van der Waals surface area contributed by atoms with Crippen LogP contribution in [0.5, 0.6) is 17.2 Å². The van der Waals surface area contributed by atoms with Crippen molar-refractivity contribution in [1.29, 1.82) is 5.26 Å². The predicted octanol–water partition coefficient (Wildman–Crippen LogP) is 5.21. The van der Waals surface area contributed by atoms with Gasteiger partial charge in [0.1, 0.15) is 16.5 Å². The molecule has 0 aromatic heterocycles. The molecule has 1 aliphatic rings. The summed E-state index contributed by atoms with van der Waals surface area (Å²) in [5.41, 5.74) is 0.859. The monoisotopic (exact) mass is 524 g/mol. The Bertz CT molecular complexity index is 1440. The van der Waals surface area contributed by atoms with Crippen molar-refractivity contribution in [2.45, 2.75) is 6.04 Å². The Labute approximate surface area is 216 Å². The lowest BCUT2D eigenvalue weighted by molar-refractivity contribution is -0.132. The number of ether oxygens (including phenoxy) is 2. The van der Waals surface area contributed by atoms with Gasteiger partial charge in [-0.2, -0.15) is 5.26 Å². The van der Waals surface area contributed by atoms with E-state index in [-0.39, 0.29) is 38.4 Å². The summed E-state index contributed by atoms with van der Waals surface area (Å²) in [7, 11) is 2.68. The van der Waals surface area contributed by atoms with Gasteiger partial charge in [0, 0.05) is 5.69 Å². The lowest BCUT2D eigenvalue weighted by Gasteiger charge is -2.25. The van der Waals surface area contributed by atoms with Crippen molar-refractivity contribution < 1.29 is 29.3 Å². The van der Waals surface area contributed by atoms with Crippen molar-refractivity contribution in [3.8, 4) is 23.3 Å². The van der Waals surface area contributed by atoms with E-state index < -0.39 is 23.5 Å². The minimum absolute atomic E-state index is 0.00977. The zero-order valence-electron chi connectivity index (χ0n) is 19.0. The lowest BCUT2D eigenvalue weighted by atomic mass is 9.94. The van der Waals surface area contributed by atoms with Gasteiger partial charge < -0.3 is 19.7 Å². The van der Waals surface area contributed by atoms with Crippen molar-refractivity contribution in [1.82, 2.24) is 0 Å². The molecule has 36 heavy (non-hydrogen) atoms. The number of carbonyl (C=O) groups is 2. The Hall–Kier alpha value is -4.19. The number of aliphatic hydroxyl groups excluding tert-OH is 1. The summed E-state index contributed by atoms with van der Waals surface area (Å²) in [6.07, 6.45) is 0. The van der Waals surface area contributed by atoms with Gasteiger partial charge in [-0.15, -0.1) is 0 Å². The van der Waals surface area contributed by atoms with Crippen molar-refractivity contribution in [3.05, 3.63) is 86.9 Å². The maximum absolute atomic E-state index is 13.3. The smallest absolute Gasteiger partial charge is 0.300 e. The Morgan fingerprint density at radius 1 is 1.00 bits per heavy atom. The summed E-state index contributed by atoms with van der Waals surface area (Å²) >= 11 is 12.7. The largest absolute Gasteiger partial charge is 0.508 e. The van der Waals surface area contributed by atoms with Crippen LogP contribution < -0.4 is 14.4 Å². The second-order valence-electron chi connectivity index (χ2n) is 7.71. The van der Waals surface area contributed by atoms with Gasteiger partial charge in [0.25, 0.3) is 11.7 Å². The molecule has 4 rings (SSSR count). The molecule has 0 bridgehead atoms. The van der Waals surface area contributed by atoms with Crippen LogP contribution in [0.25, 0.3) is 5.76 Å². The second kappa shape index (κ2) is 9.82. The molecule has 1 unspecified atom stereocenters. The van der Waals surface area contributed by atoms with Crippen molar-refractivity contribution >= 4 is 46.3 Å². The zero-order valence-corrected chi connectivity index (χ0v) is 20.5. The molecule has 1 atom stereocenters. The van der Waals surface area contributed by atoms with E-state index in [4.69, 9.17) is 37.9 Å². The summed E-state index contributed by atoms with van der Waals surface area (Å²) in [4.78, 5) is 27.8. The van der Waals surface area contributed by atoms with Crippen LogP contribution in [0.15, 0.2) is 60.2 Å². The van der Waals surface area contributed by atoms with Crippen LogP contribution in [0.3, 0.4) is 0 Å². The van der Waals surface area contributed by atoms with E-state index in [0.29, 0.717) is 16.8 Å². The van der Waals surface area contributed by atoms with E-state index in [1.165, 1.54) is 73.7 Å². The quantitative estimate of drug-likeness (QED) is 0.267. The van der Waals surface area contributed by atoms with Crippen molar-refractivity contribution in [3.63, 3.8) is 0 Å². The molecule has 3 aromatic carbocycles. The first-order valence-electron chi connectivity index (χ1n) is 10.4. The van der Waals surface area contributed by atoms with Crippen LogP contribution in [0, 0.1) is 11.3 Å². The number of nitrogens with zero attached hydrogens (tertiary/aromatic N) is 2. The number of Topliss-reactive ketones (excluding diaryl/α,β-unsaturated/α-hetero) is 1. The summed E-state index contributed by atoms with van der Waals surface area (Å²) in [6, 6.07) is 14.2. The lowest BCUT2D eigenvalue weighted by Crippen LogP contribution is -2.29. The Kier molecular flexibility index (Phi) is 6.80. The molecule has 1 heterocycles. The summed E-state index contributed by atoms with van der Waals surface area (Å²) < 4.78 is 10.6. The molecule has 1 fully saturated rings. The zero-order chi connectivity index (χ0) is 26.1. The number of anilines is 1. The van der Waals surface area contributed by atoms with E-state index >= 15 is 0 Å². The summed E-state index contributed by atoms with van der Waals surface area (Å²) in [5, 5.41) is 30.3. The molecule has 0 saturated carbocycles. The van der Waals surface area contributed by atoms with Gasteiger partial charge in [0.15, 0.2) is 11.5 Å². The third-order valence-corrected chi connectivity index (χ3v) is 6.35. The first-order chi connectivity index (χ1) is 17.2. The van der Waals surface area contributed by atoms with Crippen LogP contribution in [0.4, 0.5) is 5.69 Å². The average Bonchev–Trinajstić information content (AvgIpc) is 3.14. The molecule has 1 amide bonds. The fourth-order valence-corrected chi connectivity index (χ4v) is 4.75. The van der Waals surface area contributed by atoms with Gasteiger partial charge in [0.05, 0.1) is 48.1 Å². The molecular formula is C26H18Cl2N2O6. The molecule has 1 aliphatic heterocycles. The van der Waals surface area contributed by atoms with Crippen molar-refractivity contribution in [2.24, 2.45) is 0 Å². The molecule has 1 saturated heterocycles. The maximum atomic E-state index is 13.3. The normalized spacial score (nSPS) is 16.6. The predicted molar refractivity (Wildman–Crippen MR) is 134 cm³/mol. The number of halogens is 2. The minimum Gasteiger partial charge on any atom is -0.508 e. The number of benzene rings is 3. The van der Waals surface area contributed by atoms with Gasteiger partial charge in [-0.3, -0.25) is 14.5 Å². The number of rotatable bonds is 5. The van der Waals surface area contributed by atoms with E-state index in [2.05, 4.69) is 0 Å². The van der Waals surface area contributed by atoms with E-state index in [1.54, 1.807) is 0 Å². The second-order valence-corrected chi connectivity index (χ2v) is 8.49. The fraction of sp³-hybridized carbons (Fsp3) is 0.115. The Morgan fingerprint density at radius 3 is 2.17 bits per heavy atom. The van der Waals surface area contributed by atoms with E-state index in [0.717, 1.165) is 0 Å². The fourth-order valence-electron chi connectivity index (χ4n) is 4.06. The first kappa shape index (κ1) is 24.9. The molecule has 0 radical (unpaired) electrons. The minimum atomic E-state index is -1.08. The SMILES string of the molecule is COc1c(Cl)cc(/C(O)=C2\C(=O)C(=O)N(c3ccc(C#N)cc3)C2c2ccc(O)cc2)c(OC)c1Cl. The molecule has 2 N–H and O–H groups in total. The highest BCUT2D eigenvalue weighted by Gasteiger charge is 2.47. The number of aromatic hydroxyl groups is 1. The molecule has 0 aliphatic carbocycles. The van der Waals surface area contributed by atoms with Crippen molar-refractivity contribution in [2.75, 3.05) is 19.1 Å². The number of phenols is 1. The Morgan fingerprint density at radius 2 is 1.61 bits per heavy atom. The number of methoxy groups -OCH3 is 2. The molecule has 182 valence electrons. The van der Waals surface area contributed by atoms with Crippen LogP contribution in [0.2, 0.25) is 10.0 Å². The summed E-state index contributed by atoms with van der Waals surface area (Å²) in [6.45, 7) is 0. The third kappa shape index (κ3) is 4.09. The van der Waals surface area contributed by atoms with Gasteiger partial charge in [0.2, 0.25) is 0 Å². The number of aliphatic hydroxyl groups is 1. The molecule has 3 aromatic rings. The van der Waals surface area contributed by atoms with Gasteiger partial charge >= 0.3 is 0 Å². The van der Waals surface area contributed by atoms with Gasteiger partial charge in [-0.25, -0.2) is 0 Å². The molecule has 10 heteroatoms. The first-order valence-corrected chi connectivity index (χ1v) is 11.2. The number of hydrogen-bond acceptors (Lipinski definition) is 7. The average molecular weight is 525 g/mol. The van der Waals surface area contributed by atoms with Crippen LogP contribution >= 0.6 is 23.2 Å². The van der Waals surface area contributed by atoms with Crippen LogP contribution in [-0.2, 0) is 9.59 Å². The Balaban J connectivity index is 2.00. The number of nitriles is 1. The maximum Gasteiger partial charge on any atom is 0.300 e. The molecule has 0 spiro atoms. The van der Waals surface area contributed by atoms with E-state index in [1.807, 2.05) is 6.07 Å². The molecule has 8 nitrogen and oxygen atoms in total. The van der Waals surface area contributed by atoms with Gasteiger partial charge in [-0.1, -0.05) is 35.3 Å². The third-order valence-electron chi connectivity index (χ3n) is 5.72.